The zero-order chi connectivity index (χ0) is 28.9. The highest BCUT2D eigenvalue weighted by molar-refractivity contribution is 7.97. The van der Waals surface area contributed by atoms with Crippen LogP contribution in [0.4, 0.5) is 11.4 Å². The van der Waals surface area contributed by atoms with Gasteiger partial charge < -0.3 is 10.6 Å². The van der Waals surface area contributed by atoms with Crippen molar-refractivity contribution in [2.75, 3.05) is 16.5 Å². The molecule has 1 amide bonds. The van der Waals surface area contributed by atoms with Crippen LogP contribution >= 0.6 is 23.5 Å². The minimum Gasteiger partial charge on any atom is -0.355 e. The summed E-state index contributed by atoms with van der Waals surface area (Å²) in [6, 6.07) is 12.5. The third-order valence-electron chi connectivity index (χ3n) is 6.27. The number of carbonyl (C=O) groups is 1. The lowest BCUT2D eigenvalue weighted by Gasteiger charge is -2.25. The number of halogens is 1. The smallest absolute Gasteiger partial charge is 0.239 e. The number of rotatable bonds is 12. The molecule has 0 saturated heterocycles. The molecule has 2 unspecified atom stereocenters. The summed E-state index contributed by atoms with van der Waals surface area (Å²) in [6.07, 6.45) is 4.98. The van der Waals surface area contributed by atoms with E-state index in [0.29, 0.717) is 17.5 Å². The Morgan fingerprint density at radius 1 is 0.974 bits per heavy atom. The number of amides is 1. The van der Waals surface area contributed by atoms with Crippen LogP contribution in [0.25, 0.3) is 5.70 Å². The Kier molecular flexibility index (Phi) is 15.1. The molecule has 2 aromatic rings. The van der Waals surface area contributed by atoms with E-state index in [1.54, 1.807) is 11.9 Å². The molecule has 4 nitrogen and oxygen atoms in total. The van der Waals surface area contributed by atoms with Gasteiger partial charge >= 0.3 is 0 Å². The van der Waals surface area contributed by atoms with Gasteiger partial charge in [0.05, 0.1) is 5.69 Å². The first-order valence-corrected chi connectivity index (χ1v) is 15.2. The van der Waals surface area contributed by atoms with Crippen LogP contribution in [0.3, 0.4) is 0 Å². The van der Waals surface area contributed by atoms with Gasteiger partial charge in [-0.15, -0.1) is 11.6 Å². The van der Waals surface area contributed by atoms with Crippen molar-refractivity contribution < 1.29 is 4.79 Å². The maximum atomic E-state index is 12.0. The van der Waals surface area contributed by atoms with Gasteiger partial charge in [-0.3, -0.25) is 9.52 Å². The first-order valence-electron chi connectivity index (χ1n) is 13.9. The Morgan fingerprint density at radius 3 is 2.18 bits per heavy atom. The van der Waals surface area contributed by atoms with E-state index >= 15 is 0 Å². The quantitative estimate of drug-likeness (QED) is 0.179. The van der Waals surface area contributed by atoms with Crippen molar-refractivity contribution in [2.45, 2.75) is 104 Å². The molecule has 6 heteroatoms. The van der Waals surface area contributed by atoms with Crippen molar-refractivity contribution in [3.63, 3.8) is 0 Å². The second-order valence-corrected chi connectivity index (χ2v) is 12.2. The second kappa shape index (κ2) is 16.9. The van der Waals surface area contributed by atoms with Gasteiger partial charge in [0, 0.05) is 27.4 Å². The Balaban J connectivity index is 0.00000168. The van der Waals surface area contributed by atoms with Crippen LogP contribution in [0.15, 0.2) is 47.9 Å². The molecule has 2 aromatic carbocycles. The van der Waals surface area contributed by atoms with Crippen LogP contribution in [-0.4, -0.2) is 17.3 Å². The SMILES string of the molecule is C=C(Nc1cc(SNC(C)(C)C)ccc1C(C)C(C)CCC)c1ccc(C)cc1NC(=O)CCl.CCCC. The molecule has 2 rings (SSSR count). The molecule has 0 fully saturated rings. The van der Waals surface area contributed by atoms with Gasteiger partial charge in [0.25, 0.3) is 0 Å². The number of hydrogen-bond acceptors (Lipinski definition) is 4. The molecule has 3 N–H and O–H groups in total. The van der Waals surface area contributed by atoms with E-state index in [4.69, 9.17) is 11.6 Å². The third-order valence-corrected chi connectivity index (χ3v) is 7.72. The number of benzene rings is 2. The number of nitrogens with one attached hydrogen (secondary N) is 3. The summed E-state index contributed by atoms with van der Waals surface area (Å²) in [4.78, 5) is 13.1. The van der Waals surface area contributed by atoms with Crippen molar-refractivity contribution in [2.24, 2.45) is 5.92 Å². The topological polar surface area (TPSA) is 53.2 Å². The van der Waals surface area contributed by atoms with E-state index < -0.39 is 0 Å². The highest BCUT2D eigenvalue weighted by atomic mass is 35.5. The van der Waals surface area contributed by atoms with E-state index in [0.717, 1.165) is 33.8 Å². The standard InChI is InChI=1S/C28H40ClN3OS.C4H10/c1-9-10-19(3)20(4)23-14-12-22(34-32-28(6,7)8)16-26(23)30-21(5)24-13-11-18(2)15-25(24)31-27(33)17-29;1-3-4-2/h11-16,19-20,30,32H,5,9-10,17H2,1-4,6-8H3,(H,31,33);3-4H2,1-2H3. The molecule has 0 aliphatic carbocycles. The maximum Gasteiger partial charge on any atom is 0.239 e. The lowest BCUT2D eigenvalue weighted by atomic mass is 9.85. The Bertz CT molecular complexity index is 1030. The number of unbranched alkanes of at least 4 members (excludes halogenated alkanes) is 1. The number of anilines is 2. The Morgan fingerprint density at radius 2 is 1.63 bits per heavy atom. The molecular formula is C32H50ClN3OS. The summed E-state index contributed by atoms with van der Waals surface area (Å²) in [5, 5.41) is 6.48. The van der Waals surface area contributed by atoms with Crippen molar-refractivity contribution >= 4 is 46.5 Å². The van der Waals surface area contributed by atoms with Gasteiger partial charge in [-0.25, -0.2) is 0 Å². The number of aryl methyl sites for hydroxylation is 1. The summed E-state index contributed by atoms with van der Waals surface area (Å²) >= 11 is 7.36. The zero-order valence-electron chi connectivity index (χ0n) is 25.1. The molecule has 2 atom stereocenters. The van der Waals surface area contributed by atoms with Crippen LogP contribution in [0, 0.1) is 12.8 Å². The van der Waals surface area contributed by atoms with Gasteiger partial charge in [0.15, 0.2) is 0 Å². The molecule has 0 aromatic heterocycles. The normalized spacial score (nSPS) is 12.7. The molecule has 0 aliphatic heterocycles. The Hall–Kier alpha value is -1.95. The van der Waals surface area contributed by atoms with Gasteiger partial charge in [-0.2, -0.15) is 0 Å². The van der Waals surface area contributed by atoms with E-state index in [2.05, 4.69) is 95.5 Å². The molecule has 0 radical (unpaired) electrons. The zero-order valence-corrected chi connectivity index (χ0v) is 26.6. The predicted octanol–water partition coefficient (Wildman–Crippen LogP) is 10.00. The van der Waals surface area contributed by atoms with E-state index in [9.17, 15) is 4.79 Å². The summed E-state index contributed by atoms with van der Waals surface area (Å²) in [7, 11) is 0. The van der Waals surface area contributed by atoms with E-state index in [-0.39, 0.29) is 17.3 Å². The molecule has 0 heterocycles. The van der Waals surface area contributed by atoms with Crippen molar-refractivity contribution in [3.05, 3.63) is 59.7 Å². The molecule has 0 bridgehead atoms. The lowest BCUT2D eigenvalue weighted by Crippen LogP contribution is -2.29. The Labute approximate surface area is 241 Å². The van der Waals surface area contributed by atoms with Crippen molar-refractivity contribution in [3.8, 4) is 0 Å². The van der Waals surface area contributed by atoms with Gasteiger partial charge in [-0.1, -0.05) is 85.1 Å². The fraction of sp³-hybridized carbons (Fsp3) is 0.531. The minimum atomic E-state index is -0.240. The van der Waals surface area contributed by atoms with Gasteiger partial charge in [0.2, 0.25) is 5.91 Å². The van der Waals surface area contributed by atoms with Crippen molar-refractivity contribution in [1.82, 2.24) is 4.72 Å². The van der Waals surface area contributed by atoms with Crippen LogP contribution < -0.4 is 15.4 Å². The molecular weight excluding hydrogens is 510 g/mol. The van der Waals surface area contributed by atoms with Crippen LogP contribution in [0.1, 0.15) is 104 Å². The predicted molar refractivity (Wildman–Crippen MR) is 171 cm³/mol. The third kappa shape index (κ3) is 11.8. The average molecular weight is 560 g/mol. The van der Waals surface area contributed by atoms with E-state index in [1.165, 1.54) is 24.8 Å². The summed E-state index contributed by atoms with van der Waals surface area (Å²) in [5.41, 5.74) is 5.63. The highest BCUT2D eigenvalue weighted by Gasteiger charge is 2.19. The fourth-order valence-corrected chi connectivity index (χ4v) is 4.57. The fourth-order valence-electron chi connectivity index (χ4n) is 3.77. The van der Waals surface area contributed by atoms with Gasteiger partial charge in [-0.05, 0) is 80.8 Å². The number of carbonyl (C=O) groups excluding carboxylic acids is 1. The first-order chi connectivity index (χ1) is 17.9. The lowest BCUT2D eigenvalue weighted by molar-refractivity contribution is -0.113. The molecule has 0 spiro atoms. The maximum absolute atomic E-state index is 12.0. The van der Waals surface area contributed by atoms with Crippen molar-refractivity contribution in [1.29, 1.82) is 0 Å². The van der Waals surface area contributed by atoms with Crippen LogP contribution in [-0.2, 0) is 4.79 Å². The molecule has 212 valence electrons. The second-order valence-electron chi connectivity index (χ2n) is 11.1. The highest BCUT2D eigenvalue weighted by Crippen LogP contribution is 2.37. The minimum absolute atomic E-state index is 0.000879. The largest absolute Gasteiger partial charge is 0.355 e. The number of hydrogen-bond donors (Lipinski definition) is 3. The first kappa shape index (κ1) is 34.1. The molecule has 0 aliphatic rings. The summed E-state index contributed by atoms with van der Waals surface area (Å²) < 4.78 is 3.49. The average Bonchev–Trinajstić information content (AvgIpc) is 2.87. The van der Waals surface area contributed by atoms with Crippen LogP contribution in [0.2, 0.25) is 0 Å². The number of alkyl halides is 1. The van der Waals surface area contributed by atoms with Crippen LogP contribution in [0.5, 0.6) is 0 Å². The molecule has 0 saturated carbocycles. The summed E-state index contributed by atoms with van der Waals surface area (Å²) in [6.45, 7) is 24.0. The monoisotopic (exact) mass is 559 g/mol. The molecule has 38 heavy (non-hydrogen) atoms. The van der Waals surface area contributed by atoms with Gasteiger partial charge in [0.1, 0.15) is 5.88 Å². The van der Waals surface area contributed by atoms with E-state index in [1.807, 2.05) is 25.1 Å². The summed E-state index contributed by atoms with van der Waals surface area (Å²) in [5.74, 6) is 0.613.